The Bertz CT molecular complexity index is 2380. The van der Waals surface area contributed by atoms with Crippen LogP contribution in [0.1, 0.15) is 148 Å². The highest BCUT2D eigenvalue weighted by Gasteiger charge is 2.51. The second-order valence-corrected chi connectivity index (χ2v) is 29.6. The molecule has 0 bridgehead atoms. The topological polar surface area (TPSA) is 395 Å². The van der Waals surface area contributed by atoms with Gasteiger partial charge in [-0.15, -0.1) is 0 Å². The first-order chi connectivity index (χ1) is 58.9. The first-order valence-electron chi connectivity index (χ1n) is 43.8. The molecule has 0 aromatic carbocycles. The second-order valence-electron chi connectivity index (χ2n) is 29.6. The maximum absolute atomic E-state index is 13.1. The van der Waals surface area contributed by atoms with Crippen molar-refractivity contribution < 1.29 is 171 Å². The molecule has 0 rings (SSSR count). The second kappa shape index (κ2) is 77.4. The fourth-order valence-corrected chi connectivity index (χ4v) is 11.6. The summed E-state index contributed by atoms with van der Waals surface area (Å²) < 4.78 is 154. The van der Waals surface area contributed by atoms with Crippen molar-refractivity contribution in [1.29, 1.82) is 0 Å². The molecule has 0 aliphatic carbocycles. The van der Waals surface area contributed by atoms with Gasteiger partial charge in [-0.3, -0.25) is 38.4 Å². The number of carbonyl (C=O) groups is 8. The van der Waals surface area contributed by atoms with Gasteiger partial charge < -0.3 is 133 Å². The Balaban J connectivity index is 3.45. The molecule has 36 nitrogen and oxygen atoms in total. The summed E-state index contributed by atoms with van der Waals surface area (Å²) >= 11 is 0. The molecular formula is C86H158O36. The molecule has 0 spiro atoms. The largest absolute Gasteiger partial charge is 0.462 e. The average molecular weight is 1770 g/mol. The standard InChI is InChI=1S/C86H158O36/c1-15-83(16-2,73(87)81(9,10)11)75(89)119-69-71-121-79(93)85(19-5,20-6)77(91)117-67-65-115-63-61-113-59-57-111-55-53-109-51-49-107-47-45-105-43-41-103-39-37-101-35-33-99-31-29-97-27-25-95-23-24-96-26-28-98-30-32-100-34-36-102-38-40-104-42-44-106-46-48-108-50-52-110-54-56-112-58-60-114-62-64-116-66-68-118-78(92)86(21-7,22-8)80(94)122-72-70-120-76(90)84(17-3,18-4)74(88)82(12,13)14/h15-72H2,1-14H3. The van der Waals surface area contributed by atoms with Crippen molar-refractivity contribution >= 4 is 47.4 Å². The van der Waals surface area contributed by atoms with Crippen LogP contribution in [-0.2, 0) is 171 Å². The SMILES string of the molecule is CCC(CC)(C(=O)OCCOCCOCCOCCOCCOCCOCCOCCOCCOCCOCCOCCOCCOCCOCCOCCOCCOCCOCCOCCOCCOCCOCCOC(=O)C(CC)(CC)C(=O)OCCOC(=O)C(CC)(CC)C(=O)C(C)(C)C)C(=O)OCCOC(=O)C(CC)(CC)C(=O)C(C)(C)C. The van der Waals surface area contributed by atoms with Crippen LogP contribution in [0.4, 0.5) is 0 Å². The van der Waals surface area contributed by atoms with Crippen molar-refractivity contribution in [2.75, 3.05) is 330 Å². The molecular weight excluding hydrogens is 1610 g/mol. The molecule has 0 aliphatic rings. The molecule has 0 saturated carbocycles. The van der Waals surface area contributed by atoms with E-state index in [9.17, 15) is 38.4 Å². The first-order valence-corrected chi connectivity index (χ1v) is 43.8. The van der Waals surface area contributed by atoms with E-state index in [0.717, 1.165) is 0 Å². The Morgan fingerprint density at radius 1 is 0.139 bits per heavy atom. The molecule has 0 saturated heterocycles. The predicted octanol–water partition coefficient (Wildman–Crippen LogP) is 7.07. The van der Waals surface area contributed by atoms with Crippen molar-refractivity contribution in [3.8, 4) is 0 Å². The Morgan fingerprint density at radius 3 is 0.311 bits per heavy atom. The van der Waals surface area contributed by atoms with Crippen molar-refractivity contribution in [2.45, 2.75) is 148 Å². The van der Waals surface area contributed by atoms with Gasteiger partial charge in [0.15, 0.2) is 22.4 Å². The zero-order chi connectivity index (χ0) is 90.4. The van der Waals surface area contributed by atoms with Crippen LogP contribution >= 0.6 is 0 Å². The van der Waals surface area contributed by atoms with Crippen LogP contribution in [0.5, 0.6) is 0 Å². The van der Waals surface area contributed by atoms with Crippen LogP contribution in [0.2, 0.25) is 0 Å². The lowest BCUT2D eigenvalue weighted by Gasteiger charge is -2.33. The molecule has 0 aromatic heterocycles. The molecule has 0 N–H and O–H groups in total. The molecule has 0 amide bonds. The van der Waals surface area contributed by atoms with Crippen molar-refractivity contribution in [2.24, 2.45) is 32.5 Å². The summed E-state index contributed by atoms with van der Waals surface area (Å²) in [7, 11) is 0. The summed E-state index contributed by atoms with van der Waals surface area (Å²) in [6.45, 7) is 41.1. The van der Waals surface area contributed by atoms with Gasteiger partial charge in [0.05, 0.1) is 291 Å². The minimum atomic E-state index is -1.52. The van der Waals surface area contributed by atoms with Crippen LogP contribution < -0.4 is 0 Å². The van der Waals surface area contributed by atoms with Crippen LogP contribution in [-0.4, -0.2) is 378 Å². The summed E-state index contributed by atoms with van der Waals surface area (Å²) in [6, 6.07) is 0. The lowest BCUT2D eigenvalue weighted by Crippen LogP contribution is -2.46. The molecule has 0 heterocycles. The highest BCUT2D eigenvalue weighted by atomic mass is 16.6. The van der Waals surface area contributed by atoms with Crippen molar-refractivity contribution in [3.63, 3.8) is 0 Å². The molecule has 0 aliphatic heterocycles. The first kappa shape index (κ1) is 117. The number of Topliss-reactive ketones (excluding diaryl/α,β-unsaturated/α-hetero) is 2. The van der Waals surface area contributed by atoms with E-state index >= 15 is 0 Å². The molecule has 122 heavy (non-hydrogen) atoms. The highest BCUT2D eigenvalue weighted by Crippen LogP contribution is 2.39. The van der Waals surface area contributed by atoms with Crippen LogP contribution in [0.15, 0.2) is 0 Å². The minimum absolute atomic E-state index is 0.0662. The van der Waals surface area contributed by atoms with Gasteiger partial charge in [-0.05, 0) is 51.4 Å². The minimum Gasteiger partial charge on any atom is -0.462 e. The van der Waals surface area contributed by atoms with Crippen LogP contribution in [0.25, 0.3) is 0 Å². The molecule has 0 atom stereocenters. The molecule has 36 heteroatoms. The number of hydrogen-bond acceptors (Lipinski definition) is 36. The van der Waals surface area contributed by atoms with E-state index in [0.29, 0.717) is 264 Å². The lowest BCUT2D eigenvalue weighted by molar-refractivity contribution is -0.178. The molecule has 0 radical (unpaired) electrons. The summed E-state index contributed by atoms with van der Waals surface area (Å²) in [5.74, 6) is -4.70. The third kappa shape index (κ3) is 54.5. The van der Waals surface area contributed by atoms with Gasteiger partial charge in [0.1, 0.15) is 50.5 Å². The maximum Gasteiger partial charge on any atom is 0.323 e. The molecule has 718 valence electrons. The molecule has 0 aromatic rings. The Labute approximate surface area is 726 Å². The van der Waals surface area contributed by atoms with Gasteiger partial charge in [-0.1, -0.05) is 96.9 Å². The fourth-order valence-electron chi connectivity index (χ4n) is 11.6. The normalized spacial score (nSPS) is 12.3. The van der Waals surface area contributed by atoms with E-state index in [-0.39, 0.29) is 129 Å². The van der Waals surface area contributed by atoms with Crippen LogP contribution in [0, 0.1) is 32.5 Å². The summed E-state index contributed by atoms with van der Waals surface area (Å²) in [6.07, 6.45) is 1.72. The number of esters is 6. The van der Waals surface area contributed by atoms with Gasteiger partial charge in [-0.2, -0.15) is 0 Å². The third-order valence-electron chi connectivity index (χ3n) is 19.2. The van der Waals surface area contributed by atoms with Gasteiger partial charge >= 0.3 is 35.8 Å². The number of hydrogen-bond donors (Lipinski definition) is 0. The van der Waals surface area contributed by atoms with E-state index in [1.807, 2.05) is 0 Å². The van der Waals surface area contributed by atoms with E-state index < -0.39 is 68.3 Å². The number of carbonyl (C=O) groups excluding carboxylic acids is 8. The lowest BCUT2D eigenvalue weighted by atomic mass is 9.69. The zero-order valence-corrected chi connectivity index (χ0v) is 76.7. The number of rotatable bonds is 91. The number of ether oxygens (including phenoxy) is 28. The Kier molecular flexibility index (Phi) is 74.4. The smallest absolute Gasteiger partial charge is 0.323 e. The van der Waals surface area contributed by atoms with Gasteiger partial charge in [0.2, 0.25) is 0 Å². The van der Waals surface area contributed by atoms with E-state index in [2.05, 4.69) is 0 Å². The fraction of sp³-hybridized carbons (Fsp3) is 0.907. The van der Waals surface area contributed by atoms with Gasteiger partial charge in [0.25, 0.3) is 0 Å². The summed E-state index contributed by atoms with van der Waals surface area (Å²) in [4.78, 5) is 105. The average Bonchev–Trinajstić information content (AvgIpc) is 0.814. The molecule has 0 unspecified atom stereocenters. The Hall–Kier alpha value is -4.72. The third-order valence-corrected chi connectivity index (χ3v) is 19.2. The zero-order valence-electron chi connectivity index (χ0n) is 76.7. The van der Waals surface area contributed by atoms with Crippen LogP contribution in [0.3, 0.4) is 0 Å². The van der Waals surface area contributed by atoms with Crippen molar-refractivity contribution in [1.82, 2.24) is 0 Å². The maximum atomic E-state index is 13.1. The Morgan fingerprint density at radius 2 is 0.221 bits per heavy atom. The predicted molar refractivity (Wildman–Crippen MR) is 445 cm³/mol. The highest BCUT2D eigenvalue weighted by molar-refractivity contribution is 6.07. The molecule has 0 fully saturated rings. The summed E-state index contributed by atoms with van der Waals surface area (Å²) in [5, 5.41) is 0. The summed E-state index contributed by atoms with van der Waals surface area (Å²) in [5.41, 5.74) is -7.10. The van der Waals surface area contributed by atoms with E-state index in [1.54, 1.807) is 96.9 Å². The number of ketones is 2. The van der Waals surface area contributed by atoms with E-state index in [1.165, 1.54) is 0 Å². The quantitative estimate of drug-likeness (QED) is 0.0254. The van der Waals surface area contributed by atoms with E-state index in [4.69, 9.17) is 133 Å². The monoisotopic (exact) mass is 1770 g/mol. The van der Waals surface area contributed by atoms with Gasteiger partial charge in [-0.25, -0.2) is 0 Å². The van der Waals surface area contributed by atoms with Gasteiger partial charge in [0, 0.05) is 10.8 Å². The van der Waals surface area contributed by atoms with Crippen molar-refractivity contribution in [3.05, 3.63) is 0 Å².